The highest BCUT2D eigenvalue weighted by molar-refractivity contribution is 5.32. The molecule has 0 atom stereocenters. The highest BCUT2D eigenvalue weighted by atomic mass is 14.9. The molecule has 3 heteroatoms. The van der Waals surface area contributed by atoms with Crippen molar-refractivity contribution in [2.75, 3.05) is 0 Å². The smallest absolute Gasteiger partial charge is 0.125 e. The first kappa shape index (κ1) is 17.3. The molecule has 2 aromatic heterocycles. The van der Waals surface area contributed by atoms with Gasteiger partial charge in [0, 0.05) is 24.0 Å². The fraction of sp³-hybridized carbons (Fsp3) is 0.318. The number of aromatic nitrogens is 3. The average molecular weight is 331 g/mol. The number of aryl methyl sites for hydroxylation is 3. The van der Waals surface area contributed by atoms with Crippen molar-refractivity contribution in [3.63, 3.8) is 0 Å². The lowest BCUT2D eigenvalue weighted by atomic mass is 10.0. The van der Waals surface area contributed by atoms with Crippen molar-refractivity contribution in [2.24, 2.45) is 0 Å². The first-order valence-electron chi connectivity index (χ1n) is 8.87. The molecule has 0 radical (unpaired) electrons. The van der Waals surface area contributed by atoms with Gasteiger partial charge in [-0.05, 0) is 62.4 Å². The predicted octanol–water partition coefficient (Wildman–Crippen LogP) is 4.54. The Morgan fingerprint density at radius 2 is 1.52 bits per heavy atom. The Morgan fingerprint density at radius 1 is 0.800 bits per heavy atom. The van der Waals surface area contributed by atoms with Crippen LogP contribution in [0, 0.1) is 20.8 Å². The van der Waals surface area contributed by atoms with E-state index in [1.807, 2.05) is 13.1 Å². The van der Waals surface area contributed by atoms with Crippen LogP contribution in [-0.2, 0) is 19.3 Å². The van der Waals surface area contributed by atoms with Gasteiger partial charge >= 0.3 is 0 Å². The van der Waals surface area contributed by atoms with Gasteiger partial charge in [-0.3, -0.25) is 4.98 Å². The number of hydrogen-bond donors (Lipinski definition) is 0. The Morgan fingerprint density at radius 3 is 2.24 bits per heavy atom. The van der Waals surface area contributed by atoms with E-state index in [0.29, 0.717) is 0 Å². The van der Waals surface area contributed by atoms with Crippen LogP contribution in [0.5, 0.6) is 0 Å². The summed E-state index contributed by atoms with van der Waals surface area (Å²) in [6.45, 7) is 8.33. The lowest BCUT2D eigenvalue weighted by molar-refractivity contribution is 0.868. The molecule has 0 amide bonds. The summed E-state index contributed by atoms with van der Waals surface area (Å²) < 4.78 is 0. The van der Waals surface area contributed by atoms with E-state index >= 15 is 0 Å². The Kier molecular flexibility index (Phi) is 5.22. The van der Waals surface area contributed by atoms with Gasteiger partial charge in [0.2, 0.25) is 0 Å². The monoisotopic (exact) mass is 331 g/mol. The molecule has 0 unspecified atom stereocenters. The number of rotatable bonds is 5. The van der Waals surface area contributed by atoms with Crippen molar-refractivity contribution >= 4 is 0 Å². The lowest BCUT2D eigenvalue weighted by Gasteiger charge is -2.11. The van der Waals surface area contributed by atoms with Gasteiger partial charge in [0.05, 0.1) is 5.69 Å². The highest BCUT2D eigenvalue weighted by Gasteiger charge is 2.10. The molecular weight excluding hydrogens is 306 g/mol. The summed E-state index contributed by atoms with van der Waals surface area (Å²) in [5, 5.41) is 0. The zero-order valence-corrected chi connectivity index (χ0v) is 15.5. The molecule has 1 aromatic carbocycles. The van der Waals surface area contributed by atoms with Crippen LogP contribution in [0.3, 0.4) is 0 Å². The van der Waals surface area contributed by atoms with Gasteiger partial charge in [-0.1, -0.05) is 36.8 Å². The van der Waals surface area contributed by atoms with Crippen LogP contribution in [0.15, 0.2) is 42.6 Å². The Hall–Kier alpha value is -2.55. The Balaban J connectivity index is 1.82. The minimum atomic E-state index is 0.754. The fourth-order valence-electron chi connectivity index (χ4n) is 3.11. The normalized spacial score (nSPS) is 10.9. The van der Waals surface area contributed by atoms with Crippen LogP contribution in [-0.4, -0.2) is 15.0 Å². The summed E-state index contributed by atoms with van der Waals surface area (Å²) in [7, 11) is 0. The molecule has 0 aliphatic carbocycles. The quantitative estimate of drug-likeness (QED) is 0.689. The van der Waals surface area contributed by atoms with Gasteiger partial charge in [-0.25, -0.2) is 9.97 Å². The van der Waals surface area contributed by atoms with E-state index in [4.69, 9.17) is 0 Å². The second-order valence-electron chi connectivity index (χ2n) is 6.64. The van der Waals surface area contributed by atoms with Crippen molar-refractivity contribution in [2.45, 2.75) is 47.0 Å². The van der Waals surface area contributed by atoms with E-state index in [-0.39, 0.29) is 0 Å². The topological polar surface area (TPSA) is 38.7 Å². The second-order valence-corrected chi connectivity index (χ2v) is 6.64. The van der Waals surface area contributed by atoms with Crippen molar-refractivity contribution in [1.29, 1.82) is 0 Å². The summed E-state index contributed by atoms with van der Waals surface area (Å²) >= 11 is 0. The number of benzene rings is 1. The van der Waals surface area contributed by atoms with Gasteiger partial charge in [-0.2, -0.15) is 0 Å². The first-order chi connectivity index (χ1) is 12.0. The molecular formula is C22H25N3. The molecule has 0 bridgehead atoms. The molecule has 0 saturated carbocycles. The molecule has 25 heavy (non-hydrogen) atoms. The minimum absolute atomic E-state index is 0.754. The molecule has 2 heterocycles. The molecule has 0 fully saturated rings. The van der Waals surface area contributed by atoms with Crippen LogP contribution in [0.1, 0.15) is 52.1 Å². The van der Waals surface area contributed by atoms with Crippen LogP contribution in [0.25, 0.3) is 0 Å². The third-order valence-electron chi connectivity index (χ3n) is 4.55. The van der Waals surface area contributed by atoms with Gasteiger partial charge in [0.1, 0.15) is 5.82 Å². The number of nitrogens with zero attached hydrogens (tertiary/aromatic N) is 3. The zero-order chi connectivity index (χ0) is 17.8. The van der Waals surface area contributed by atoms with Crippen molar-refractivity contribution in [3.05, 3.63) is 87.8 Å². The summed E-state index contributed by atoms with van der Waals surface area (Å²) in [5.74, 6) is 0.841. The van der Waals surface area contributed by atoms with Gasteiger partial charge in [0.25, 0.3) is 0 Å². The van der Waals surface area contributed by atoms with Gasteiger partial charge < -0.3 is 0 Å². The van der Waals surface area contributed by atoms with Crippen molar-refractivity contribution < 1.29 is 0 Å². The van der Waals surface area contributed by atoms with E-state index in [9.17, 15) is 0 Å². The molecule has 3 rings (SSSR count). The minimum Gasteiger partial charge on any atom is -0.261 e. The third kappa shape index (κ3) is 4.30. The van der Waals surface area contributed by atoms with Crippen LogP contribution in [0.4, 0.5) is 0 Å². The van der Waals surface area contributed by atoms with Crippen molar-refractivity contribution in [3.8, 4) is 0 Å². The van der Waals surface area contributed by atoms with Crippen molar-refractivity contribution in [1.82, 2.24) is 15.0 Å². The summed E-state index contributed by atoms with van der Waals surface area (Å²) in [4.78, 5) is 13.7. The molecule has 128 valence electrons. The standard InChI is InChI=1S/C22H25N3/c1-5-21-16(3)22(25-17(4)24-21)14-20-13-19(10-11-23-20)12-18-8-6-15(2)7-9-18/h6-11,13H,5,12,14H2,1-4H3. The maximum atomic E-state index is 4.65. The third-order valence-corrected chi connectivity index (χ3v) is 4.55. The summed E-state index contributed by atoms with van der Waals surface area (Å²) in [5.41, 5.74) is 8.38. The first-order valence-corrected chi connectivity index (χ1v) is 8.87. The van der Waals surface area contributed by atoms with Crippen LogP contribution in [0.2, 0.25) is 0 Å². The fourth-order valence-corrected chi connectivity index (χ4v) is 3.11. The van der Waals surface area contributed by atoms with Crippen LogP contribution < -0.4 is 0 Å². The SMILES string of the molecule is CCc1nc(C)nc(Cc2cc(Cc3ccc(C)cc3)ccn2)c1C. The molecule has 0 spiro atoms. The molecule has 0 N–H and O–H groups in total. The predicted molar refractivity (Wildman–Crippen MR) is 102 cm³/mol. The zero-order valence-electron chi connectivity index (χ0n) is 15.5. The maximum Gasteiger partial charge on any atom is 0.125 e. The van der Waals surface area contributed by atoms with E-state index in [2.05, 4.69) is 72.1 Å². The lowest BCUT2D eigenvalue weighted by Crippen LogP contribution is -2.06. The average Bonchev–Trinajstić information content (AvgIpc) is 2.60. The number of hydrogen-bond acceptors (Lipinski definition) is 3. The maximum absolute atomic E-state index is 4.65. The van der Waals surface area contributed by atoms with Crippen LogP contribution >= 0.6 is 0 Å². The summed E-state index contributed by atoms with van der Waals surface area (Å²) in [6.07, 6.45) is 4.52. The molecule has 0 aliphatic rings. The number of pyridine rings is 1. The largest absolute Gasteiger partial charge is 0.261 e. The molecule has 3 nitrogen and oxygen atoms in total. The summed E-state index contributed by atoms with van der Waals surface area (Å²) in [6, 6.07) is 13.0. The van der Waals surface area contributed by atoms with Gasteiger partial charge in [-0.15, -0.1) is 0 Å². The molecule has 3 aromatic rings. The Labute approximate surface area is 150 Å². The second kappa shape index (κ2) is 7.56. The molecule has 0 saturated heterocycles. The van der Waals surface area contributed by atoms with E-state index < -0.39 is 0 Å². The van der Waals surface area contributed by atoms with E-state index in [0.717, 1.165) is 42.2 Å². The van der Waals surface area contributed by atoms with E-state index in [1.54, 1.807) is 0 Å². The Bertz CT molecular complexity index is 867. The van der Waals surface area contributed by atoms with Gasteiger partial charge in [0.15, 0.2) is 0 Å². The highest BCUT2D eigenvalue weighted by Crippen LogP contribution is 2.17. The van der Waals surface area contributed by atoms with E-state index in [1.165, 1.54) is 22.3 Å². The molecule has 0 aliphatic heterocycles.